The molecule has 0 unspecified atom stereocenters. The van der Waals surface area contributed by atoms with Crippen LogP contribution in [0.2, 0.25) is 0 Å². The third kappa shape index (κ3) is 10.8. The predicted octanol–water partition coefficient (Wildman–Crippen LogP) is 2.05. The summed E-state index contributed by atoms with van der Waals surface area (Å²) in [5.74, 6) is -1.09. The highest BCUT2D eigenvalue weighted by molar-refractivity contribution is 5.70. The van der Waals surface area contributed by atoms with Crippen molar-refractivity contribution in [1.82, 2.24) is 0 Å². The second-order valence-corrected chi connectivity index (χ2v) is 2.97. The van der Waals surface area contributed by atoms with Gasteiger partial charge >= 0.3 is 18.3 Å². The van der Waals surface area contributed by atoms with Crippen molar-refractivity contribution in [1.29, 1.82) is 0 Å². The Morgan fingerprint density at radius 1 is 1.06 bits per heavy atom. The summed E-state index contributed by atoms with van der Waals surface area (Å²) in [7, 11) is 0. The van der Waals surface area contributed by atoms with Crippen molar-refractivity contribution in [3.63, 3.8) is 0 Å². The van der Waals surface area contributed by atoms with Crippen molar-refractivity contribution >= 4 is 12.1 Å². The van der Waals surface area contributed by atoms with E-state index in [9.17, 15) is 22.8 Å². The summed E-state index contributed by atoms with van der Waals surface area (Å²) >= 11 is 0. The van der Waals surface area contributed by atoms with Gasteiger partial charge in [0.15, 0.2) is 6.61 Å². The van der Waals surface area contributed by atoms with Crippen molar-refractivity contribution in [2.45, 2.75) is 25.9 Å². The minimum absolute atomic E-state index is 0.178. The molecule has 0 aromatic heterocycles. The van der Waals surface area contributed by atoms with Crippen molar-refractivity contribution in [3.8, 4) is 0 Å². The fourth-order valence-electron chi connectivity index (χ4n) is 0.679. The average Bonchev–Trinajstić information content (AvgIpc) is 2.22. The van der Waals surface area contributed by atoms with E-state index in [-0.39, 0.29) is 13.2 Å². The predicted molar refractivity (Wildman–Crippen MR) is 49.2 cm³/mol. The van der Waals surface area contributed by atoms with Crippen LogP contribution in [0, 0.1) is 0 Å². The van der Waals surface area contributed by atoms with Crippen molar-refractivity contribution < 1.29 is 37.0 Å². The highest BCUT2D eigenvalue weighted by Crippen LogP contribution is 2.14. The largest absolute Gasteiger partial charge is 0.508 e. The second kappa shape index (κ2) is 7.75. The normalized spacial score (nSPS) is 10.8. The summed E-state index contributed by atoms with van der Waals surface area (Å²) in [5, 5.41) is 0. The molecule has 0 aliphatic heterocycles. The molecule has 0 aromatic rings. The summed E-state index contributed by atoms with van der Waals surface area (Å²) in [6, 6.07) is 0. The SMILES string of the molecule is CCCOC(=O)OCCC(=O)OCC(F)(F)F. The van der Waals surface area contributed by atoms with Gasteiger partial charge in [0.25, 0.3) is 0 Å². The van der Waals surface area contributed by atoms with E-state index < -0.39 is 31.3 Å². The highest BCUT2D eigenvalue weighted by Gasteiger charge is 2.29. The molecule has 0 N–H and O–H groups in total. The van der Waals surface area contributed by atoms with Crippen LogP contribution in [-0.4, -0.2) is 38.1 Å². The summed E-state index contributed by atoms with van der Waals surface area (Å²) in [6.07, 6.45) is -5.35. The van der Waals surface area contributed by atoms with E-state index in [1.165, 1.54) is 0 Å². The highest BCUT2D eigenvalue weighted by atomic mass is 19.4. The van der Waals surface area contributed by atoms with Crippen LogP contribution in [0.1, 0.15) is 19.8 Å². The first-order valence-electron chi connectivity index (χ1n) is 4.87. The standard InChI is InChI=1S/C9H13F3O5/c1-2-4-15-8(14)16-5-3-7(13)17-6-9(10,11)12/h2-6H2,1H3. The van der Waals surface area contributed by atoms with Crippen molar-refractivity contribution in [2.75, 3.05) is 19.8 Å². The molecule has 100 valence electrons. The number of carbonyl (C=O) groups excluding carboxylic acids is 2. The summed E-state index contributed by atoms with van der Waals surface area (Å²) in [5.41, 5.74) is 0. The molecule has 0 saturated heterocycles. The number of esters is 1. The molecular formula is C9H13F3O5. The van der Waals surface area contributed by atoms with Crippen LogP contribution < -0.4 is 0 Å². The lowest BCUT2D eigenvalue weighted by molar-refractivity contribution is -0.186. The molecule has 0 aliphatic rings. The smallest absolute Gasteiger partial charge is 0.456 e. The zero-order chi connectivity index (χ0) is 13.3. The molecule has 0 heterocycles. The van der Waals surface area contributed by atoms with Gasteiger partial charge in [0.1, 0.15) is 6.61 Å². The van der Waals surface area contributed by atoms with Crippen LogP contribution in [0.3, 0.4) is 0 Å². The second-order valence-electron chi connectivity index (χ2n) is 2.97. The molecule has 17 heavy (non-hydrogen) atoms. The molecule has 0 aliphatic carbocycles. The van der Waals surface area contributed by atoms with Gasteiger partial charge in [0.2, 0.25) is 0 Å². The maximum absolute atomic E-state index is 11.6. The Morgan fingerprint density at radius 3 is 2.18 bits per heavy atom. The molecule has 0 atom stereocenters. The fourth-order valence-corrected chi connectivity index (χ4v) is 0.679. The third-order valence-electron chi connectivity index (χ3n) is 1.35. The Morgan fingerprint density at radius 2 is 1.65 bits per heavy atom. The number of alkyl halides is 3. The first-order valence-corrected chi connectivity index (χ1v) is 4.87. The first kappa shape index (κ1) is 15.5. The number of hydrogen-bond acceptors (Lipinski definition) is 5. The minimum Gasteiger partial charge on any atom is -0.456 e. The minimum atomic E-state index is -4.56. The Kier molecular flexibility index (Phi) is 7.08. The average molecular weight is 258 g/mol. The van der Waals surface area contributed by atoms with Crippen LogP contribution >= 0.6 is 0 Å². The van der Waals surface area contributed by atoms with E-state index in [1.54, 1.807) is 6.92 Å². The molecule has 0 bridgehead atoms. The quantitative estimate of drug-likeness (QED) is 0.682. The molecule has 0 spiro atoms. The maximum atomic E-state index is 11.6. The van der Waals surface area contributed by atoms with Gasteiger partial charge in [-0.05, 0) is 6.42 Å². The zero-order valence-electron chi connectivity index (χ0n) is 9.21. The molecular weight excluding hydrogens is 245 g/mol. The number of rotatable bonds is 6. The molecule has 0 aromatic carbocycles. The molecule has 8 heteroatoms. The van der Waals surface area contributed by atoms with Gasteiger partial charge in [-0.1, -0.05) is 6.92 Å². The van der Waals surface area contributed by atoms with Gasteiger partial charge in [0.05, 0.1) is 13.0 Å². The van der Waals surface area contributed by atoms with Gasteiger partial charge < -0.3 is 14.2 Å². The lowest BCUT2D eigenvalue weighted by atomic mass is 10.5. The third-order valence-corrected chi connectivity index (χ3v) is 1.35. The van der Waals surface area contributed by atoms with Gasteiger partial charge in [0, 0.05) is 0 Å². The first-order chi connectivity index (χ1) is 7.85. The van der Waals surface area contributed by atoms with Crippen LogP contribution in [-0.2, 0) is 19.0 Å². The van der Waals surface area contributed by atoms with Gasteiger partial charge in [-0.2, -0.15) is 13.2 Å². The van der Waals surface area contributed by atoms with Crippen molar-refractivity contribution in [3.05, 3.63) is 0 Å². The van der Waals surface area contributed by atoms with Crippen LogP contribution in [0.5, 0.6) is 0 Å². The van der Waals surface area contributed by atoms with E-state index in [1.807, 2.05) is 0 Å². The van der Waals surface area contributed by atoms with Gasteiger partial charge in [-0.15, -0.1) is 0 Å². The Bertz CT molecular complexity index is 252. The molecule has 0 amide bonds. The fraction of sp³-hybridized carbons (Fsp3) is 0.778. The number of ether oxygens (including phenoxy) is 3. The Hall–Kier alpha value is -1.47. The summed E-state index contributed by atoms with van der Waals surface area (Å²) < 4.78 is 47.6. The van der Waals surface area contributed by atoms with Crippen LogP contribution in [0.25, 0.3) is 0 Å². The van der Waals surface area contributed by atoms with E-state index in [0.717, 1.165) is 0 Å². The zero-order valence-corrected chi connectivity index (χ0v) is 9.21. The van der Waals surface area contributed by atoms with Gasteiger partial charge in [-0.3, -0.25) is 4.79 Å². The molecule has 5 nitrogen and oxygen atoms in total. The van der Waals surface area contributed by atoms with Crippen LogP contribution in [0.4, 0.5) is 18.0 Å². The topological polar surface area (TPSA) is 61.8 Å². The number of carbonyl (C=O) groups is 2. The molecule has 0 saturated carbocycles. The lowest BCUT2D eigenvalue weighted by Crippen LogP contribution is -2.21. The van der Waals surface area contributed by atoms with E-state index >= 15 is 0 Å². The Balaban J connectivity index is 3.54. The summed E-state index contributed by atoms with van der Waals surface area (Å²) in [6.45, 7) is -0.0650. The van der Waals surface area contributed by atoms with Crippen molar-refractivity contribution in [2.24, 2.45) is 0 Å². The van der Waals surface area contributed by atoms with E-state index in [4.69, 9.17) is 0 Å². The van der Waals surface area contributed by atoms with Gasteiger partial charge in [-0.25, -0.2) is 4.79 Å². The summed E-state index contributed by atoms with van der Waals surface area (Å²) in [4.78, 5) is 21.5. The van der Waals surface area contributed by atoms with E-state index in [2.05, 4.69) is 14.2 Å². The number of halogens is 3. The van der Waals surface area contributed by atoms with E-state index in [0.29, 0.717) is 6.42 Å². The number of hydrogen-bond donors (Lipinski definition) is 0. The molecule has 0 fully saturated rings. The monoisotopic (exact) mass is 258 g/mol. The lowest BCUT2D eigenvalue weighted by Gasteiger charge is -2.08. The molecule has 0 rings (SSSR count). The maximum Gasteiger partial charge on any atom is 0.508 e. The molecule has 0 radical (unpaired) electrons. The van der Waals surface area contributed by atoms with Crippen LogP contribution in [0.15, 0.2) is 0 Å². The Labute approximate surface area is 95.8 Å².